The van der Waals surface area contributed by atoms with Crippen LogP contribution < -0.4 is 0 Å². The predicted octanol–water partition coefficient (Wildman–Crippen LogP) is 1.44. The van der Waals surface area contributed by atoms with Crippen molar-refractivity contribution in [2.45, 2.75) is 40.0 Å². The molecule has 1 aliphatic heterocycles. The zero-order chi connectivity index (χ0) is 13.3. The van der Waals surface area contributed by atoms with Gasteiger partial charge < -0.3 is 0 Å². The summed E-state index contributed by atoms with van der Waals surface area (Å²) in [5.74, 6) is -0.0923. The zero-order valence-electron chi connectivity index (χ0n) is 11.1. The lowest BCUT2D eigenvalue weighted by atomic mass is 9.92. The molecule has 98 valence electrons. The van der Waals surface area contributed by atoms with Crippen LogP contribution in [-0.4, -0.2) is 33.5 Å². The van der Waals surface area contributed by atoms with Crippen LogP contribution in [0, 0.1) is 12.3 Å². The Hall–Kier alpha value is -1.65. The van der Waals surface area contributed by atoms with E-state index in [1.807, 2.05) is 20.8 Å². The van der Waals surface area contributed by atoms with Gasteiger partial charge >= 0.3 is 0 Å². The molecule has 0 aliphatic carbocycles. The van der Waals surface area contributed by atoms with Crippen LogP contribution in [0.15, 0.2) is 6.20 Å². The Kier molecular flexibility index (Phi) is 3.24. The maximum Gasteiger partial charge on any atom is 0.235 e. The molecule has 2 amide bonds. The second-order valence-electron chi connectivity index (χ2n) is 5.53. The number of rotatable bonds is 4. The summed E-state index contributed by atoms with van der Waals surface area (Å²) in [4.78, 5) is 25.1. The first kappa shape index (κ1) is 12.8. The Balaban J connectivity index is 1.90. The van der Waals surface area contributed by atoms with Crippen molar-refractivity contribution in [3.63, 3.8) is 0 Å². The van der Waals surface area contributed by atoms with Crippen molar-refractivity contribution < 1.29 is 9.59 Å². The van der Waals surface area contributed by atoms with Gasteiger partial charge in [-0.1, -0.05) is 13.8 Å². The Morgan fingerprint density at radius 3 is 2.67 bits per heavy atom. The smallest absolute Gasteiger partial charge is 0.235 e. The number of amides is 2. The first-order valence-electron chi connectivity index (χ1n) is 6.25. The molecule has 0 unspecified atom stereocenters. The summed E-state index contributed by atoms with van der Waals surface area (Å²) < 4.78 is 0. The van der Waals surface area contributed by atoms with Gasteiger partial charge in [-0.2, -0.15) is 5.10 Å². The van der Waals surface area contributed by atoms with Crippen LogP contribution in [0.5, 0.6) is 0 Å². The third-order valence-corrected chi connectivity index (χ3v) is 3.48. The van der Waals surface area contributed by atoms with E-state index in [2.05, 4.69) is 10.2 Å². The van der Waals surface area contributed by atoms with Crippen molar-refractivity contribution in [2.24, 2.45) is 5.41 Å². The van der Waals surface area contributed by atoms with Gasteiger partial charge in [0.2, 0.25) is 11.8 Å². The molecule has 1 aromatic heterocycles. The van der Waals surface area contributed by atoms with Gasteiger partial charge in [0.05, 0.1) is 11.6 Å². The second-order valence-corrected chi connectivity index (χ2v) is 5.53. The number of hydrogen-bond donors (Lipinski definition) is 1. The summed E-state index contributed by atoms with van der Waals surface area (Å²) in [5, 5.41) is 6.83. The lowest BCUT2D eigenvalue weighted by Crippen LogP contribution is -2.34. The first-order chi connectivity index (χ1) is 8.42. The highest BCUT2D eigenvalue weighted by molar-refractivity contribution is 6.05. The van der Waals surface area contributed by atoms with E-state index in [1.165, 1.54) is 4.90 Å². The van der Waals surface area contributed by atoms with E-state index in [-0.39, 0.29) is 11.8 Å². The Bertz CT molecular complexity index is 476. The van der Waals surface area contributed by atoms with Crippen molar-refractivity contribution >= 4 is 11.8 Å². The quantitative estimate of drug-likeness (QED) is 0.821. The number of nitrogens with one attached hydrogen (secondary N) is 1. The Morgan fingerprint density at radius 2 is 2.17 bits per heavy atom. The molecule has 2 heterocycles. The molecule has 1 N–H and O–H groups in total. The lowest BCUT2D eigenvalue weighted by Gasteiger charge is -2.17. The fourth-order valence-corrected chi connectivity index (χ4v) is 2.31. The topological polar surface area (TPSA) is 66.1 Å². The molecule has 2 rings (SSSR count). The maximum absolute atomic E-state index is 12.0. The summed E-state index contributed by atoms with van der Waals surface area (Å²) in [7, 11) is 0. The van der Waals surface area contributed by atoms with E-state index >= 15 is 0 Å². The van der Waals surface area contributed by atoms with Gasteiger partial charge in [0.25, 0.3) is 0 Å². The summed E-state index contributed by atoms with van der Waals surface area (Å²) in [6, 6.07) is 0. The third kappa shape index (κ3) is 2.30. The molecule has 0 aromatic carbocycles. The maximum atomic E-state index is 12.0. The molecular formula is C13H19N3O2. The van der Waals surface area contributed by atoms with Gasteiger partial charge in [-0.3, -0.25) is 19.6 Å². The number of H-pyrrole nitrogens is 1. The average Bonchev–Trinajstić information content (AvgIpc) is 2.75. The molecule has 0 atom stereocenters. The van der Waals surface area contributed by atoms with E-state index < -0.39 is 5.41 Å². The van der Waals surface area contributed by atoms with E-state index in [4.69, 9.17) is 0 Å². The predicted molar refractivity (Wildman–Crippen MR) is 66.8 cm³/mol. The number of hydrogen-bond acceptors (Lipinski definition) is 3. The molecule has 5 heteroatoms. The molecule has 0 saturated carbocycles. The fraction of sp³-hybridized carbons (Fsp3) is 0.615. The molecule has 1 saturated heterocycles. The minimum atomic E-state index is -0.525. The molecule has 0 spiro atoms. The summed E-state index contributed by atoms with van der Waals surface area (Å²) in [6.45, 7) is 6.13. The largest absolute Gasteiger partial charge is 0.283 e. The van der Waals surface area contributed by atoms with Gasteiger partial charge in [-0.15, -0.1) is 0 Å². The van der Waals surface area contributed by atoms with Gasteiger partial charge in [0.15, 0.2) is 0 Å². The number of aryl methyl sites for hydroxylation is 2. The molecule has 1 fully saturated rings. The van der Waals surface area contributed by atoms with Crippen molar-refractivity contribution in [1.82, 2.24) is 15.1 Å². The highest BCUT2D eigenvalue weighted by Crippen LogP contribution is 2.31. The van der Waals surface area contributed by atoms with Crippen molar-refractivity contribution in [3.8, 4) is 0 Å². The van der Waals surface area contributed by atoms with Crippen LogP contribution in [0.2, 0.25) is 0 Å². The fourth-order valence-electron chi connectivity index (χ4n) is 2.31. The highest BCUT2D eigenvalue weighted by Gasteiger charge is 2.44. The SMILES string of the molecule is Cc1[nH]ncc1CCCN1C(=O)CC(C)(C)C1=O. The Morgan fingerprint density at radius 1 is 1.44 bits per heavy atom. The molecule has 1 aromatic rings. The number of carbonyl (C=O) groups is 2. The molecule has 1 aliphatic rings. The minimum Gasteiger partial charge on any atom is -0.283 e. The molecule has 5 nitrogen and oxygen atoms in total. The molecular weight excluding hydrogens is 230 g/mol. The van der Waals surface area contributed by atoms with E-state index in [1.54, 1.807) is 6.20 Å². The van der Waals surface area contributed by atoms with Crippen molar-refractivity contribution in [1.29, 1.82) is 0 Å². The molecule has 18 heavy (non-hydrogen) atoms. The van der Waals surface area contributed by atoms with E-state index in [0.717, 1.165) is 24.1 Å². The van der Waals surface area contributed by atoms with Gasteiger partial charge in [-0.05, 0) is 25.3 Å². The van der Waals surface area contributed by atoms with Crippen LogP contribution in [0.1, 0.15) is 37.9 Å². The summed E-state index contributed by atoms with van der Waals surface area (Å²) in [6.07, 6.45) is 3.75. The number of aromatic nitrogens is 2. The molecule has 0 radical (unpaired) electrons. The van der Waals surface area contributed by atoms with Gasteiger partial charge in [0.1, 0.15) is 0 Å². The average molecular weight is 249 g/mol. The Labute approximate surface area is 107 Å². The van der Waals surface area contributed by atoms with Crippen LogP contribution in [0.3, 0.4) is 0 Å². The number of carbonyl (C=O) groups excluding carboxylic acids is 2. The van der Waals surface area contributed by atoms with Gasteiger partial charge in [-0.25, -0.2) is 0 Å². The second kappa shape index (κ2) is 4.55. The lowest BCUT2D eigenvalue weighted by molar-refractivity contribution is -0.140. The van der Waals surface area contributed by atoms with Crippen molar-refractivity contribution in [2.75, 3.05) is 6.54 Å². The van der Waals surface area contributed by atoms with Gasteiger partial charge in [0, 0.05) is 18.7 Å². The normalized spacial score (nSPS) is 18.7. The number of likely N-dealkylation sites (tertiary alicyclic amines) is 1. The first-order valence-corrected chi connectivity index (χ1v) is 6.25. The summed E-state index contributed by atoms with van der Waals surface area (Å²) >= 11 is 0. The number of nitrogens with zero attached hydrogens (tertiary/aromatic N) is 2. The number of imide groups is 1. The zero-order valence-corrected chi connectivity index (χ0v) is 11.1. The minimum absolute atomic E-state index is 0.0450. The van der Waals surface area contributed by atoms with E-state index in [9.17, 15) is 9.59 Å². The monoisotopic (exact) mass is 249 g/mol. The van der Waals surface area contributed by atoms with Crippen LogP contribution in [0.4, 0.5) is 0 Å². The van der Waals surface area contributed by atoms with Crippen LogP contribution in [0.25, 0.3) is 0 Å². The van der Waals surface area contributed by atoms with Crippen LogP contribution in [-0.2, 0) is 16.0 Å². The molecule has 0 bridgehead atoms. The number of aromatic amines is 1. The van der Waals surface area contributed by atoms with Crippen molar-refractivity contribution in [3.05, 3.63) is 17.5 Å². The standard InChI is InChI=1S/C13H19N3O2/c1-9-10(8-14-15-9)5-4-6-16-11(17)7-13(2,3)12(16)18/h8H,4-7H2,1-3H3,(H,14,15). The third-order valence-electron chi connectivity index (χ3n) is 3.48. The highest BCUT2D eigenvalue weighted by atomic mass is 16.2. The summed E-state index contributed by atoms with van der Waals surface area (Å²) in [5.41, 5.74) is 1.67. The van der Waals surface area contributed by atoms with Crippen LogP contribution >= 0.6 is 0 Å². The van der Waals surface area contributed by atoms with E-state index in [0.29, 0.717) is 13.0 Å².